The van der Waals surface area contributed by atoms with Crippen molar-refractivity contribution in [3.05, 3.63) is 71.0 Å². The monoisotopic (exact) mass is 427 g/mol. The van der Waals surface area contributed by atoms with Crippen molar-refractivity contribution in [1.29, 1.82) is 0 Å². The van der Waals surface area contributed by atoms with Gasteiger partial charge in [0, 0.05) is 26.2 Å². The number of aromatic nitrogens is 3. The van der Waals surface area contributed by atoms with Crippen LogP contribution < -0.4 is 0 Å². The van der Waals surface area contributed by atoms with Gasteiger partial charge in [0.1, 0.15) is 12.1 Å². The SMILES string of the molecule is O=C(c1ccco1)N1CCN([C@H](c2ccc(F)cc2)c2sc3ncnn3c2O)CC1. The number of rotatable bonds is 4. The molecule has 0 radical (unpaired) electrons. The Balaban J connectivity index is 1.44. The van der Waals surface area contributed by atoms with Gasteiger partial charge >= 0.3 is 0 Å². The Hall–Kier alpha value is -3.24. The molecule has 154 valence electrons. The smallest absolute Gasteiger partial charge is 0.289 e. The van der Waals surface area contributed by atoms with E-state index in [1.54, 1.807) is 29.2 Å². The topological polar surface area (TPSA) is 87.1 Å². The number of amides is 1. The Morgan fingerprint density at radius 3 is 2.60 bits per heavy atom. The highest BCUT2D eigenvalue weighted by atomic mass is 32.1. The maximum absolute atomic E-state index is 13.5. The summed E-state index contributed by atoms with van der Waals surface area (Å²) in [6.45, 7) is 2.20. The summed E-state index contributed by atoms with van der Waals surface area (Å²) in [5, 5.41) is 14.8. The van der Waals surface area contributed by atoms with Gasteiger partial charge in [-0.2, -0.15) is 9.61 Å². The predicted molar refractivity (Wildman–Crippen MR) is 107 cm³/mol. The molecule has 3 aromatic heterocycles. The zero-order valence-corrected chi connectivity index (χ0v) is 16.6. The zero-order valence-electron chi connectivity index (χ0n) is 15.8. The van der Waals surface area contributed by atoms with Gasteiger partial charge in [-0.1, -0.05) is 23.5 Å². The lowest BCUT2D eigenvalue weighted by Gasteiger charge is -2.38. The van der Waals surface area contributed by atoms with E-state index in [1.165, 1.54) is 40.6 Å². The first-order valence-corrected chi connectivity index (χ1v) is 10.3. The van der Waals surface area contributed by atoms with Gasteiger partial charge in [0.25, 0.3) is 5.91 Å². The van der Waals surface area contributed by atoms with Crippen LogP contribution in [-0.2, 0) is 0 Å². The quantitative estimate of drug-likeness (QED) is 0.539. The molecule has 0 spiro atoms. The van der Waals surface area contributed by atoms with E-state index in [9.17, 15) is 14.3 Å². The molecule has 4 aromatic rings. The van der Waals surface area contributed by atoms with Gasteiger partial charge in [0.15, 0.2) is 5.76 Å². The molecule has 1 fully saturated rings. The Labute approximate surface area is 174 Å². The summed E-state index contributed by atoms with van der Waals surface area (Å²) >= 11 is 1.34. The molecule has 0 unspecified atom stereocenters. The largest absolute Gasteiger partial charge is 0.492 e. The number of fused-ring (bicyclic) bond motifs is 1. The molecule has 0 bridgehead atoms. The minimum absolute atomic E-state index is 0.0240. The van der Waals surface area contributed by atoms with Crippen LogP contribution in [0.4, 0.5) is 4.39 Å². The van der Waals surface area contributed by atoms with E-state index in [0.717, 1.165) is 5.56 Å². The Bertz CT molecular complexity index is 1160. The minimum Gasteiger partial charge on any atom is -0.492 e. The fourth-order valence-corrected chi connectivity index (χ4v) is 4.88. The number of thiazole rings is 1. The van der Waals surface area contributed by atoms with Crippen LogP contribution in [0.5, 0.6) is 5.88 Å². The third kappa shape index (κ3) is 3.23. The average Bonchev–Trinajstić information content (AvgIpc) is 3.50. The van der Waals surface area contributed by atoms with E-state index in [0.29, 0.717) is 41.8 Å². The minimum atomic E-state index is -0.321. The maximum atomic E-state index is 13.5. The first-order chi connectivity index (χ1) is 14.6. The second-order valence-corrected chi connectivity index (χ2v) is 8.01. The molecule has 5 rings (SSSR count). The average molecular weight is 427 g/mol. The Morgan fingerprint density at radius 1 is 1.17 bits per heavy atom. The number of furan rings is 1. The second kappa shape index (κ2) is 7.54. The highest BCUT2D eigenvalue weighted by Crippen LogP contribution is 2.40. The molecule has 30 heavy (non-hydrogen) atoms. The molecule has 1 aliphatic heterocycles. The van der Waals surface area contributed by atoms with E-state index in [2.05, 4.69) is 15.0 Å². The second-order valence-electron chi connectivity index (χ2n) is 7.00. The van der Waals surface area contributed by atoms with Crippen LogP contribution in [0.15, 0.2) is 53.4 Å². The predicted octanol–water partition coefficient (Wildman–Crippen LogP) is 2.78. The van der Waals surface area contributed by atoms with Gasteiger partial charge < -0.3 is 14.4 Å². The molecule has 8 nitrogen and oxygen atoms in total. The van der Waals surface area contributed by atoms with Gasteiger partial charge in [-0.25, -0.2) is 9.37 Å². The first kappa shape index (κ1) is 18.8. The third-order valence-corrected chi connectivity index (χ3v) is 6.36. The van der Waals surface area contributed by atoms with Gasteiger partial charge in [0.2, 0.25) is 10.8 Å². The number of hydrogen-bond donors (Lipinski definition) is 1. The summed E-state index contributed by atoms with van der Waals surface area (Å²) in [6.07, 6.45) is 2.87. The van der Waals surface area contributed by atoms with E-state index >= 15 is 0 Å². The Kier molecular flexibility index (Phi) is 4.72. The van der Waals surface area contributed by atoms with Crippen molar-refractivity contribution in [2.75, 3.05) is 26.2 Å². The summed E-state index contributed by atoms with van der Waals surface area (Å²) in [5.74, 6) is -0.115. The number of carbonyl (C=O) groups excluding carboxylic acids is 1. The lowest BCUT2D eigenvalue weighted by atomic mass is 10.0. The van der Waals surface area contributed by atoms with Crippen molar-refractivity contribution < 1.29 is 18.7 Å². The fraction of sp³-hybridized carbons (Fsp3) is 0.250. The third-order valence-electron chi connectivity index (χ3n) is 5.27. The van der Waals surface area contributed by atoms with Crippen LogP contribution in [0.1, 0.15) is 27.0 Å². The fourth-order valence-electron chi connectivity index (χ4n) is 3.78. The van der Waals surface area contributed by atoms with Crippen molar-refractivity contribution in [3.63, 3.8) is 0 Å². The number of halogens is 1. The summed E-state index contributed by atoms with van der Waals surface area (Å²) < 4.78 is 20.1. The van der Waals surface area contributed by atoms with Crippen molar-refractivity contribution in [1.82, 2.24) is 24.4 Å². The normalized spacial score (nSPS) is 16.2. The molecular formula is C20H18FN5O3S. The number of carbonyl (C=O) groups is 1. The molecular weight excluding hydrogens is 409 g/mol. The van der Waals surface area contributed by atoms with Crippen LogP contribution in [0.3, 0.4) is 0 Å². The lowest BCUT2D eigenvalue weighted by molar-refractivity contribution is 0.0568. The number of benzene rings is 1. The molecule has 1 saturated heterocycles. The molecule has 1 N–H and O–H groups in total. The maximum Gasteiger partial charge on any atom is 0.289 e. The van der Waals surface area contributed by atoms with Gasteiger partial charge in [-0.05, 0) is 29.8 Å². The zero-order chi connectivity index (χ0) is 20.7. The van der Waals surface area contributed by atoms with Gasteiger partial charge in [-0.15, -0.1) is 0 Å². The number of hydrogen-bond acceptors (Lipinski definition) is 7. The van der Waals surface area contributed by atoms with E-state index in [1.807, 2.05) is 0 Å². The van der Waals surface area contributed by atoms with Crippen LogP contribution in [-0.4, -0.2) is 61.6 Å². The first-order valence-electron chi connectivity index (χ1n) is 9.45. The van der Waals surface area contributed by atoms with Crippen LogP contribution in [0.25, 0.3) is 4.96 Å². The molecule has 1 amide bonds. The highest BCUT2D eigenvalue weighted by Gasteiger charge is 2.33. The molecule has 0 saturated carbocycles. The van der Waals surface area contributed by atoms with Crippen LogP contribution >= 0.6 is 11.3 Å². The van der Waals surface area contributed by atoms with Crippen molar-refractivity contribution in [2.24, 2.45) is 0 Å². The van der Waals surface area contributed by atoms with Crippen LogP contribution in [0, 0.1) is 5.82 Å². The van der Waals surface area contributed by atoms with Crippen molar-refractivity contribution >= 4 is 22.2 Å². The molecule has 1 aromatic carbocycles. The summed E-state index contributed by atoms with van der Waals surface area (Å²) in [6, 6.07) is 9.30. The van der Waals surface area contributed by atoms with Gasteiger partial charge in [0.05, 0.1) is 17.2 Å². The van der Waals surface area contributed by atoms with E-state index < -0.39 is 0 Å². The number of aromatic hydroxyl groups is 1. The number of piperazine rings is 1. The molecule has 1 atom stereocenters. The standard InChI is InChI=1S/C20H18FN5O3S/c21-14-5-3-13(4-6-14)16(17-19(28)26-20(30-17)22-12-23-26)24-7-9-25(10-8-24)18(27)15-2-1-11-29-15/h1-6,11-12,16,28H,7-10H2/t16-/m1/s1. The van der Waals surface area contributed by atoms with Crippen LogP contribution in [0.2, 0.25) is 0 Å². The van der Waals surface area contributed by atoms with Crippen molar-refractivity contribution in [2.45, 2.75) is 6.04 Å². The molecule has 0 aliphatic carbocycles. The molecule has 10 heteroatoms. The summed E-state index contributed by atoms with van der Waals surface area (Å²) in [4.78, 5) is 21.9. The lowest BCUT2D eigenvalue weighted by Crippen LogP contribution is -2.49. The number of nitrogens with zero attached hydrogens (tertiary/aromatic N) is 5. The highest BCUT2D eigenvalue weighted by molar-refractivity contribution is 7.17. The van der Waals surface area contributed by atoms with E-state index in [4.69, 9.17) is 4.42 Å². The molecule has 1 aliphatic rings. The molecule has 4 heterocycles. The summed E-state index contributed by atoms with van der Waals surface area (Å²) in [5.41, 5.74) is 0.849. The summed E-state index contributed by atoms with van der Waals surface area (Å²) in [7, 11) is 0. The van der Waals surface area contributed by atoms with Crippen molar-refractivity contribution in [3.8, 4) is 5.88 Å². The Morgan fingerprint density at radius 2 is 1.93 bits per heavy atom. The van der Waals surface area contributed by atoms with E-state index in [-0.39, 0.29) is 23.6 Å². The van der Waals surface area contributed by atoms with Gasteiger partial charge in [-0.3, -0.25) is 9.69 Å².